The van der Waals surface area contributed by atoms with Crippen LogP contribution in [-0.2, 0) is 6.42 Å². The number of rotatable bonds is 4. The fourth-order valence-electron chi connectivity index (χ4n) is 4.71. The lowest BCUT2D eigenvalue weighted by molar-refractivity contribution is 0.198. The van der Waals surface area contributed by atoms with E-state index in [1.807, 2.05) is 25.7 Å². The van der Waals surface area contributed by atoms with Gasteiger partial charge in [0, 0.05) is 30.8 Å². The zero-order valence-electron chi connectivity index (χ0n) is 19.3. The van der Waals surface area contributed by atoms with Gasteiger partial charge < -0.3 is 15.1 Å². The number of pyridine rings is 1. The van der Waals surface area contributed by atoms with Gasteiger partial charge in [-0.05, 0) is 47.4 Å². The van der Waals surface area contributed by atoms with E-state index in [0.29, 0.717) is 64.9 Å². The number of aromatic nitrogens is 3. The number of aliphatic hydroxyl groups is 1. The maximum absolute atomic E-state index is 16.1. The summed E-state index contributed by atoms with van der Waals surface area (Å²) in [6.45, 7) is 6.71. The van der Waals surface area contributed by atoms with E-state index >= 15 is 4.39 Å². The number of aliphatic hydroxyl groups excluding tert-OH is 1. The monoisotopic (exact) mass is 464 g/mol. The minimum atomic E-state index is -0.652. The Labute approximate surface area is 195 Å². The molecule has 1 atom stereocenters. The third kappa shape index (κ3) is 3.62. The molecule has 0 amide bonds. The Morgan fingerprint density at radius 3 is 2.65 bits per heavy atom. The highest BCUT2D eigenvalue weighted by atomic mass is 19.1. The molecule has 1 fully saturated rings. The Hall–Kier alpha value is -3.39. The normalized spacial score (nSPS) is 16.3. The number of halogens is 2. The first-order valence-electron chi connectivity index (χ1n) is 11.5. The van der Waals surface area contributed by atoms with E-state index < -0.39 is 11.9 Å². The number of fused-ring (bicyclic) bond motifs is 2. The maximum Gasteiger partial charge on any atom is 0.175 e. The van der Waals surface area contributed by atoms with Crippen LogP contribution in [0.25, 0.3) is 32.9 Å². The predicted octanol–water partition coefficient (Wildman–Crippen LogP) is 5.09. The topological polar surface area (TPSA) is 82.4 Å². The average Bonchev–Trinajstić information content (AvgIpc) is 3.24. The molecule has 2 aromatic heterocycles. The van der Waals surface area contributed by atoms with Gasteiger partial charge in [0.1, 0.15) is 34.4 Å². The first-order chi connectivity index (χ1) is 16.3. The molecule has 1 aliphatic rings. The number of anilines is 1. The Morgan fingerprint density at radius 2 is 1.97 bits per heavy atom. The minimum Gasteiger partial charge on any atom is -0.508 e. The van der Waals surface area contributed by atoms with Crippen molar-refractivity contribution in [2.45, 2.75) is 45.6 Å². The second-order valence-corrected chi connectivity index (χ2v) is 9.10. The van der Waals surface area contributed by atoms with Crippen molar-refractivity contribution in [3.8, 4) is 17.0 Å². The van der Waals surface area contributed by atoms with Crippen molar-refractivity contribution in [2.24, 2.45) is 0 Å². The molecule has 0 bridgehead atoms. The van der Waals surface area contributed by atoms with Crippen LogP contribution < -0.4 is 4.90 Å². The van der Waals surface area contributed by atoms with Crippen LogP contribution >= 0.6 is 0 Å². The summed E-state index contributed by atoms with van der Waals surface area (Å²) >= 11 is 0. The lowest BCUT2D eigenvalue weighted by Gasteiger charge is -2.21. The molecule has 0 unspecified atom stereocenters. The predicted molar refractivity (Wildman–Crippen MR) is 128 cm³/mol. The summed E-state index contributed by atoms with van der Waals surface area (Å²) in [6, 6.07) is 5.88. The van der Waals surface area contributed by atoms with E-state index in [-0.39, 0.29) is 28.7 Å². The molecule has 3 heterocycles. The number of hydrogen-bond donors (Lipinski definition) is 2. The molecular formula is C26H26F2N4O2. The summed E-state index contributed by atoms with van der Waals surface area (Å²) in [4.78, 5) is 15.5. The molecular weight excluding hydrogens is 438 g/mol. The van der Waals surface area contributed by atoms with Crippen LogP contribution in [0.5, 0.6) is 5.75 Å². The molecule has 0 aliphatic carbocycles. The molecule has 6 nitrogen and oxygen atoms in total. The zero-order valence-corrected chi connectivity index (χ0v) is 19.3. The number of phenols is 1. The number of benzene rings is 2. The van der Waals surface area contributed by atoms with Crippen LogP contribution in [0, 0.1) is 11.6 Å². The Morgan fingerprint density at radius 1 is 1.18 bits per heavy atom. The number of hydrogen-bond acceptors (Lipinski definition) is 6. The van der Waals surface area contributed by atoms with Gasteiger partial charge >= 0.3 is 0 Å². The summed E-state index contributed by atoms with van der Waals surface area (Å²) in [5, 5.41) is 21.9. The van der Waals surface area contributed by atoms with Gasteiger partial charge in [0.2, 0.25) is 0 Å². The van der Waals surface area contributed by atoms with Gasteiger partial charge in [0.05, 0.1) is 11.5 Å². The number of nitrogens with zero attached hydrogens (tertiary/aromatic N) is 4. The standard InChI is InChI=1S/C26H26F2N4O2/c1-4-17-20(27)6-5-14-9-16(34)10-18(21(14)17)23-22(28)24-19(11-29-23)26(31-25(30-24)13(2)3)32-8-7-15(33)12-32/h5-6,9-11,13,15,33-34H,4,7-8,12H2,1-3H3/t15-/m1/s1. The number of aryl methyl sites for hydroxylation is 1. The number of phenolic OH excluding ortho intramolecular Hbond substituents is 1. The summed E-state index contributed by atoms with van der Waals surface area (Å²) in [5.74, 6) is -0.113. The molecule has 0 spiro atoms. The fourth-order valence-corrected chi connectivity index (χ4v) is 4.71. The van der Waals surface area contributed by atoms with E-state index in [1.165, 1.54) is 24.4 Å². The van der Waals surface area contributed by atoms with Crippen molar-refractivity contribution in [3.63, 3.8) is 0 Å². The lowest BCUT2D eigenvalue weighted by atomic mass is 9.94. The highest BCUT2D eigenvalue weighted by Crippen LogP contribution is 2.39. The van der Waals surface area contributed by atoms with E-state index in [1.54, 1.807) is 6.07 Å². The van der Waals surface area contributed by atoms with Gasteiger partial charge in [-0.2, -0.15) is 0 Å². The summed E-state index contributed by atoms with van der Waals surface area (Å²) in [6.07, 6.45) is 2.07. The van der Waals surface area contributed by atoms with E-state index in [0.717, 1.165) is 0 Å². The molecule has 8 heteroatoms. The van der Waals surface area contributed by atoms with Crippen LogP contribution in [0.4, 0.5) is 14.6 Å². The summed E-state index contributed by atoms with van der Waals surface area (Å²) in [5.41, 5.74) is 0.861. The highest BCUT2D eigenvalue weighted by Gasteiger charge is 2.27. The number of aromatic hydroxyl groups is 1. The largest absolute Gasteiger partial charge is 0.508 e. The van der Waals surface area contributed by atoms with E-state index in [2.05, 4.69) is 15.0 Å². The second kappa shape index (κ2) is 8.43. The molecule has 5 rings (SSSR count). The molecule has 176 valence electrons. The highest BCUT2D eigenvalue weighted by molar-refractivity contribution is 6.01. The molecule has 0 saturated carbocycles. The van der Waals surface area contributed by atoms with Crippen molar-refractivity contribution in [2.75, 3.05) is 18.0 Å². The Kier molecular flexibility index (Phi) is 5.56. The average molecular weight is 465 g/mol. The molecule has 1 saturated heterocycles. The quantitative estimate of drug-likeness (QED) is 0.438. The molecule has 4 aromatic rings. The first kappa shape index (κ1) is 22.4. The first-order valence-corrected chi connectivity index (χ1v) is 11.5. The molecule has 0 radical (unpaired) electrons. The Balaban J connectivity index is 1.81. The van der Waals surface area contributed by atoms with Gasteiger partial charge in [0.15, 0.2) is 5.82 Å². The van der Waals surface area contributed by atoms with Crippen LogP contribution in [0.3, 0.4) is 0 Å². The zero-order chi connectivity index (χ0) is 24.1. The van der Waals surface area contributed by atoms with Crippen molar-refractivity contribution in [1.82, 2.24) is 15.0 Å². The molecule has 1 aliphatic heterocycles. The summed E-state index contributed by atoms with van der Waals surface area (Å²) < 4.78 is 30.8. The van der Waals surface area contributed by atoms with E-state index in [9.17, 15) is 14.6 Å². The molecule has 34 heavy (non-hydrogen) atoms. The second-order valence-electron chi connectivity index (χ2n) is 9.10. The maximum atomic E-state index is 16.1. The van der Waals surface area contributed by atoms with Crippen molar-refractivity contribution in [3.05, 3.63) is 53.5 Å². The van der Waals surface area contributed by atoms with Gasteiger partial charge in [-0.3, -0.25) is 4.98 Å². The van der Waals surface area contributed by atoms with Crippen LogP contribution in [0.2, 0.25) is 0 Å². The third-order valence-electron chi connectivity index (χ3n) is 6.42. The van der Waals surface area contributed by atoms with Gasteiger partial charge in [-0.15, -0.1) is 0 Å². The molecule has 2 aromatic carbocycles. The van der Waals surface area contributed by atoms with Crippen LogP contribution in [-0.4, -0.2) is 44.4 Å². The van der Waals surface area contributed by atoms with Crippen molar-refractivity contribution >= 4 is 27.5 Å². The minimum absolute atomic E-state index is 0.00508. The smallest absolute Gasteiger partial charge is 0.175 e. The lowest BCUT2D eigenvalue weighted by Crippen LogP contribution is -2.23. The Bertz CT molecular complexity index is 1420. The van der Waals surface area contributed by atoms with Crippen molar-refractivity contribution < 1.29 is 19.0 Å². The van der Waals surface area contributed by atoms with Gasteiger partial charge in [-0.1, -0.05) is 26.8 Å². The fraction of sp³-hybridized carbons (Fsp3) is 0.346. The van der Waals surface area contributed by atoms with Crippen LogP contribution in [0.1, 0.15) is 44.5 Å². The third-order valence-corrected chi connectivity index (χ3v) is 6.42. The molecule has 2 N–H and O–H groups in total. The van der Waals surface area contributed by atoms with E-state index in [4.69, 9.17) is 0 Å². The van der Waals surface area contributed by atoms with Gasteiger partial charge in [-0.25, -0.2) is 18.7 Å². The van der Waals surface area contributed by atoms with Gasteiger partial charge in [0.25, 0.3) is 0 Å². The summed E-state index contributed by atoms with van der Waals surface area (Å²) in [7, 11) is 0. The SMILES string of the molecule is CCc1c(F)ccc2cc(O)cc(-c3ncc4c(N5CC[C@@H](O)C5)nc(C(C)C)nc4c3F)c12. The van der Waals surface area contributed by atoms with Crippen LogP contribution in [0.15, 0.2) is 30.5 Å². The van der Waals surface area contributed by atoms with Crippen molar-refractivity contribution in [1.29, 1.82) is 0 Å². The number of β-amino-alcohol motifs (C(OH)–C–C–N with tert-alkyl or cyclic N) is 1.